The van der Waals surface area contributed by atoms with Gasteiger partial charge >= 0.3 is 0 Å². The van der Waals surface area contributed by atoms with Gasteiger partial charge in [0.25, 0.3) is 0 Å². The molecule has 0 aromatic rings. The minimum atomic E-state index is 1.33. The van der Waals surface area contributed by atoms with Gasteiger partial charge in [-0.05, 0) is 71.0 Å². The van der Waals surface area contributed by atoms with Gasteiger partial charge in [0, 0.05) is 0 Å². The molecule has 0 aromatic heterocycles. The second-order valence-electron chi connectivity index (χ2n) is 6.93. The zero-order valence-corrected chi connectivity index (χ0v) is 6.93. The van der Waals surface area contributed by atoms with Gasteiger partial charge < -0.3 is 0 Å². The molecule has 0 spiro atoms. The van der Waals surface area contributed by atoms with Gasteiger partial charge in [-0.15, -0.1) is 0 Å². The van der Waals surface area contributed by atoms with Crippen LogP contribution in [0.3, 0.4) is 0 Å². The normalized spacial score (nSPS) is 108. The van der Waals surface area contributed by atoms with Gasteiger partial charge in [0.1, 0.15) is 0 Å². The van der Waals surface area contributed by atoms with Crippen molar-refractivity contribution in [3.8, 4) is 0 Å². The Balaban J connectivity index is 1.81. The van der Waals surface area contributed by atoms with Gasteiger partial charge in [-0.3, -0.25) is 0 Å². The molecule has 0 radical (unpaired) electrons. The van der Waals surface area contributed by atoms with Gasteiger partial charge in [0.15, 0.2) is 0 Å². The van der Waals surface area contributed by atoms with Crippen LogP contribution in [0.1, 0.15) is 0 Å². The van der Waals surface area contributed by atoms with Crippen molar-refractivity contribution in [2.45, 2.75) is 0 Å². The molecule has 8 aliphatic carbocycles. The highest BCUT2D eigenvalue weighted by Crippen LogP contribution is 3.01. The molecule has 8 saturated carbocycles. The summed E-state index contributed by atoms with van der Waals surface area (Å²) in [6.45, 7) is 0. The smallest absolute Gasteiger partial charge is 0.0312 e. The highest BCUT2D eigenvalue weighted by atomic mass is 15.0. The van der Waals surface area contributed by atoms with Crippen molar-refractivity contribution in [1.82, 2.24) is 0 Å². The fourth-order valence-corrected chi connectivity index (χ4v) is 8.66. The molecule has 0 aromatic carbocycles. The third kappa shape index (κ3) is 0.156. The monoisotopic (exact) mass is 156 g/mol. The van der Waals surface area contributed by atoms with Crippen molar-refractivity contribution in [3.63, 3.8) is 0 Å². The molecule has 8 fully saturated rings. The van der Waals surface area contributed by atoms with Crippen molar-refractivity contribution in [3.05, 3.63) is 0 Å². The van der Waals surface area contributed by atoms with Gasteiger partial charge in [-0.25, -0.2) is 0 Å². The molecule has 0 heteroatoms. The molecule has 0 nitrogen and oxygen atoms in total. The van der Waals surface area contributed by atoms with E-state index < -0.39 is 0 Å². The second kappa shape index (κ2) is 0.849. The van der Waals surface area contributed by atoms with Crippen LogP contribution in [0.15, 0.2) is 0 Å². The van der Waals surface area contributed by atoms with E-state index in [1.165, 1.54) is 71.0 Å². The van der Waals surface area contributed by atoms with E-state index in [1.807, 2.05) is 0 Å². The third-order valence-corrected chi connectivity index (χ3v) is 8.00. The number of hydrogen-bond acceptors (Lipinski definition) is 0. The molecule has 8 rings (SSSR count). The Labute approximate surface area is 71.7 Å². The molecule has 0 atom stereocenters. The topological polar surface area (TPSA) is 0 Å². The van der Waals surface area contributed by atoms with Crippen molar-refractivity contribution in [2.75, 3.05) is 0 Å². The van der Waals surface area contributed by atoms with E-state index in [1.54, 1.807) is 0 Å². The van der Waals surface area contributed by atoms with Crippen LogP contribution in [-0.4, -0.2) is 0 Å². The van der Waals surface area contributed by atoms with Crippen molar-refractivity contribution >= 4 is 0 Å². The summed E-state index contributed by atoms with van der Waals surface area (Å²) in [5.74, 6) is 16.0. The molecule has 0 saturated heterocycles. The fraction of sp³-hybridized carbons (Fsp3) is 1.00. The maximum atomic E-state index is 1.33. The molecular weight excluding hydrogens is 144 g/mol. The molecule has 0 aliphatic heterocycles. The van der Waals surface area contributed by atoms with Gasteiger partial charge in [-0.2, -0.15) is 0 Å². The maximum absolute atomic E-state index is 1.33. The lowest BCUT2D eigenvalue weighted by atomic mass is 9.45. The fourth-order valence-electron chi connectivity index (χ4n) is 8.66. The Bertz CT molecular complexity index is 252. The molecule has 0 N–H and O–H groups in total. The average molecular weight is 156 g/mol. The van der Waals surface area contributed by atoms with E-state index in [4.69, 9.17) is 0 Å². The molecule has 0 heterocycles. The Morgan fingerprint density at radius 2 is 0.250 bits per heavy atom. The standard InChI is InChI=1S/C12H12/c1-2-5-7-8-6(9(1)10(2)8)4-3(1)11(5)12(4)7/h1-12H. The minimum Gasteiger partial charge on any atom is -0.0312 e. The van der Waals surface area contributed by atoms with E-state index in [0.29, 0.717) is 0 Å². The first-order valence-electron chi connectivity index (χ1n) is 6.00. The average Bonchev–Trinajstić information content (AvgIpc) is 1.96. The molecular formula is C12H12. The lowest BCUT2D eigenvalue weighted by molar-refractivity contribution is -0.127. The molecule has 60 valence electrons. The van der Waals surface area contributed by atoms with Gasteiger partial charge in [0.2, 0.25) is 0 Å². The minimum absolute atomic E-state index is 1.33. The van der Waals surface area contributed by atoms with E-state index >= 15 is 0 Å². The van der Waals surface area contributed by atoms with Crippen LogP contribution < -0.4 is 0 Å². The second-order valence-corrected chi connectivity index (χ2v) is 6.93. The molecule has 12 heavy (non-hydrogen) atoms. The SMILES string of the molecule is C12C3C4C1C1C5C6C1C2C3C6C54. The summed E-state index contributed by atoms with van der Waals surface area (Å²) in [4.78, 5) is 0. The summed E-state index contributed by atoms with van der Waals surface area (Å²) in [5.41, 5.74) is 0. The van der Waals surface area contributed by atoms with Crippen molar-refractivity contribution in [1.29, 1.82) is 0 Å². The molecule has 0 amide bonds. The third-order valence-electron chi connectivity index (χ3n) is 8.00. The summed E-state index contributed by atoms with van der Waals surface area (Å²) in [7, 11) is 0. The van der Waals surface area contributed by atoms with Crippen molar-refractivity contribution < 1.29 is 0 Å². The Hall–Kier alpha value is 0. The lowest BCUT2D eigenvalue weighted by Crippen LogP contribution is -2.56. The summed E-state index contributed by atoms with van der Waals surface area (Å²) in [6, 6.07) is 0. The number of rotatable bonds is 0. The zero-order chi connectivity index (χ0) is 6.93. The molecule has 0 bridgehead atoms. The van der Waals surface area contributed by atoms with Crippen LogP contribution in [0.5, 0.6) is 0 Å². The first-order valence-corrected chi connectivity index (χ1v) is 6.00. The van der Waals surface area contributed by atoms with Crippen LogP contribution in [0, 0.1) is 71.0 Å². The van der Waals surface area contributed by atoms with E-state index in [0.717, 1.165) is 0 Å². The van der Waals surface area contributed by atoms with Gasteiger partial charge in [0.05, 0.1) is 0 Å². The van der Waals surface area contributed by atoms with E-state index in [2.05, 4.69) is 0 Å². The van der Waals surface area contributed by atoms with Crippen LogP contribution in [0.25, 0.3) is 0 Å². The van der Waals surface area contributed by atoms with Crippen LogP contribution in [-0.2, 0) is 0 Å². The highest BCUT2D eigenvalue weighted by molar-refractivity contribution is 5.44. The van der Waals surface area contributed by atoms with Crippen LogP contribution in [0.4, 0.5) is 0 Å². The molecule has 0 unspecified atom stereocenters. The largest absolute Gasteiger partial charge is 0.0312 e. The van der Waals surface area contributed by atoms with E-state index in [9.17, 15) is 0 Å². The Morgan fingerprint density at radius 1 is 0.167 bits per heavy atom. The highest BCUT2D eigenvalue weighted by Gasteiger charge is 2.98. The summed E-state index contributed by atoms with van der Waals surface area (Å²) >= 11 is 0. The van der Waals surface area contributed by atoms with Gasteiger partial charge in [-0.1, -0.05) is 0 Å². The first-order chi connectivity index (χ1) is 6.00. The summed E-state index contributed by atoms with van der Waals surface area (Å²) in [6.07, 6.45) is 0. The van der Waals surface area contributed by atoms with Crippen LogP contribution >= 0.6 is 0 Å². The van der Waals surface area contributed by atoms with E-state index in [-0.39, 0.29) is 0 Å². The Morgan fingerprint density at radius 3 is 0.333 bits per heavy atom. The number of hydrogen-bond donors (Lipinski definition) is 0. The summed E-state index contributed by atoms with van der Waals surface area (Å²) < 4.78 is 0. The van der Waals surface area contributed by atoms with Crippen LogP contribution in [0.2, 0.25) is 0 Å². The zero-order valence-electron chi connectivity index (χ0n) is 6.93. The predicted molar refractivity (Wildman–Crippen MR) is 41.9 cm³/mol. The quantitative estimate of drug-likeness (QED) is 0.498. The van der Waals surface area contributed by atoms with Crippen molar-refractivity contribution in [2.24, 2.45) is 71.0 Å². The predicted octanol–water partition coefficient (Wildman–Crippen LogP) is 1.48. The lowest BCUT2D eigenvalue weighted by Gasteiger charge is -2.59. The first kappa shape index (κ1) is 4.48. The summed E-state index contributed by atoms with van der Waals surface area (Å²) in [5, 5.41) is 0. The molecule has 8 aliphatic rings. The Kier molecular flexibility index (Phi) is 0.317. The maximum Gasteiger partial charge on any atom is -0.0312 e.